The fourth-order valence-electron chi connectivity index (χ4n) is 2.28. The number of rotatable bonds is 5. The Kier molecular flexibility index (Phi) is 3.89. The van der Waals surface area contributed by atoms with E-state index in [0.717, 1.165) is 12.8 Å². The molecule has 0 aromatic carbocycles. The molecular formula is C13H19N5O3. The Labute approximate surface area is 122 Å². The zero-order valence-electron chi connectivity index (χ0n) is 12.1. The molecule has 0 spiro atoms. The molecule has 1 aliphatic rings. The van der Waals surface area contributed by atoms with Crippen molar-refractivity contribution in [3.05, 3.63) is 12.7 Å². The van der Waals surface area contributed by atoms with Gasteiger partial charge in [-0.25, -0.2) is 15.0 Å². The lowest BCUT2D eigenvalue weighted by atomic mass is 10.2. The van der Waals surface area contributed by atoms with Crippen molar-refractivity contribution in [2.45, 2.75) is 45.1 Å². The lowest BCUT2D eigenvalue weighted by Gasteiger charge is -2.14. The second-order valence-electron chi connectivity index (χ2n) is 5.32. The fraction of sp³-hybridized carbons (Fsp3) is 0.615. The van der Waals surface area contributed by atoms with Gasteiger partial charge in [-0.05, 0) is 20.3 Å². The Hall–Kier alpha value is -1.93. The molecule has 8 nitrogen and oxygen atoms in total. The highest BCUT2D eigenvalue weighted by atomic mass is 16.8. The van der Waals surface area contributed by atoms with Crippen LogP contribution in [0.5, 0.6) is 0 Å². The molecule has 2 aromatic rings. The van der Waals surface area contributed by atoms with Crippen molar-refractivity contribution in [1.82, 2.24) is 19.7 Å². The summed E-state index contributed by atoms with van der Waals surface area (Å²) in [5, 5.41) is 12.3. The van der Waals surface area contributed by atoms with Gasteiger partial charge in [0.15, 0.2) is 11.3 Å². The predicted octanol–water partition coefficient (Wildman–Crippen LogP) is 0.573. The van der Waals surface area contributed by atoms with Crippen LogP contribution in [-0.2, 0) is 4.74 Å². The van der Waals surface area contributed by atoms with Gasteiger partial charge in [-0.15, -0.1) is 4.73 Å². The number of ether oxygens (including phenoxy) is 1. The van der Waals surface area contributed by atoms with Gasteiger partial charge in [-0.3, -0.25) is 0 Å². The first-order valence-corrected chi connectivity index (χ1v) is 7.05. The van der Waals surface area contributed by atoms with Gasteiger partial charge in [0.25, 0.3) is 0 Å². The van der Waals surface area contributed by atoms with Crippen molar-refractivity contribution in [3.63, 3.8) is 0 Å². The van der Waals surface area contributed by atoms with E-state index in [1.807, 2.05) is 13.8 Å². The maximum Gasteiger partial charge on any atom is 0.225 e. The highest BCUT2D eigenvalue weighted by Crippen LogP contribution is 2.21. The Bertz CT molecular complexity index is 615. The third kappa shape index (κ3) is 2.91. The molecule has 0 radical (unpaired) electrons. The van der Waals surface area contributed by atoms with Crippen LogP contribution < -0.4 is 10.2 Å². The van der Waals surface area contributed by atoms with Crippen LogP contribution in [0.25, 0.3) is 11.2 Å². The molecule has 2 aromatic heterocycles. The Morgan fingerprint density at radius 3 is 3.00 bits per heavy atom. The first kappa shape index (κ1) is 14.0. The zero-order chi connectivity index (χ0) is 14.8. The molecule has 0 saturated carbocycles. The number of aromatic nitrogens is 4. The van der Waals surface area contributed by atoms with Crippen molar-refractivity contribution < 1.29 is 14.7 Å². The number of imidazole rings is 1. The van der Waals surface area contributed by atoms with Crippen LogP contribution in [0.15, 0.2) is 12.7 Å². The first-order chi connectivity index (χ1) is 10.2. The second kappa shape index (κ2) is 5.82. The van der Waals surface area contributed by atoms with Crippen molar-refractivity contribution in [2.24, 2.45) is 0 Å². The molecule has 0 unspecified atom stereocenters. The maximum absolute atomic E-state index is 9.07. The average molecular weight is 293 g/mol. The van der Waals surface area contributed by atoms with Crippen molar-refractivity contribution in [2.75, 3.05) is 11.9 Å². The minimum absolute atomic E-state index is 0.00909. The number of fused-ring (bicyclic) bond motifs is 1. The maximum atomic E-state index is 9.07. The van der Waals surface area contributed by atoms with Crippen molar-refractivity contribution >= 4 is 17.0 Å². The van der Waals surface area contributed by atoms with E-state index in [2.05, 4.69) is 20.3 Å². The molecule has 1 saturated heterocycles. The number of aliphatic hydroxyl groups excluding tert-OH is 1. The first-order valence-electron chi connectivity index (χ1n) is 7.05. The van der Waals surface area contributed by atoms with E-state index in [1.165, 1.54) is 11.1 Å². The van der Waals surface area contributed by atoms with Crippen molar-refractivity contribution in [1.29, 1.82) is 0 Å². The van der Waals surface area contributed by atoms with Gasteiger partial charge >= 0.3 is 0 Å². The Balaban J connectivity index is 1.81. The standard InChI is InChI=1S/C13H19N5O3/c1-8(2)17-12-11-13(15-6-14-12)18(7-16-11)21-10-4-3-9(5-19)20-10/h6-10,19H,3-5H2,1-2H3,(H,14,15,17)/t9-,10+/m0/s1. The monoisotopic (exact) mass is 293 g/mol. The van der Waals surface area contributed by atoms with Gasteiger partial charge < -0.3 is 20.0 Å². The van der Waals surface area contributed by atoms with Crippen LogP contribution in [0.1, 0.15) is 26.7 Å². The minimum atomic E-state index is -0.393. The van der Waals surface area contributed by atoms with Crippen LogP contribution in [-0.4, -0.2) is 49.8 Å². The smallest absolute Gasteiger partial charge is 0.225 e. The molecule has 0 amide bonds. The summed E-state index contributed by atoms with van der Waals surface area (Å²) >= 11 is 0. The van der Waals surface area contributed by atoms with E-state index in [9.17, 15) is 0 Å². The lowest BCUT2D eigenvalue weighted by molar-refractivity contribution is -0.140. The molecule has 0 bridgehead atoms. The molecular weight excluding hydrogens is 274 g/mol. The van der Waals surface area contributed by atoms with E-state index >= 15 is 0 Å². The Morgan fingerprint density at radius 1 is 1.43 bits per heavy atom. The quantitative estimate of drug-likeness (QED) is 0.832. The van der Waals surface area contributed by atoms with Gasteiger partial charge in [0, 0.05) is 12.5 Å². The molecule has 1 aliphatic heterocycles. The van der Waals surface area contributed by atoms with Gasteiger partial charge in [-0.2, -0.15) is 0 Å². The molecule has 8 heteroatoms. The van der Waals surface area contributed by atoms with Crippen LogP contribution in [0, 0.1) is 0 Å². The summed E-state index contributed by atoms with van der Waals surface area (Å²) in [6, 6.07) is 0.248. The third-order valence-electron chi connectivity index (χ3n) is 3.23. The zero-order valence-corrected chi connectivity index (χ0v) is 12.1. The largest absolute Gasteiger partial charge is 0.394 e. The van der Waals surface area contributed by atoms with Crippen LogP contribution in [0.2, 0.25) is 0 Å². The van der Waals surface area contributed by atoms with Gasteiger partial charge in [-0.1, -0.05) is 0 Å². The number of aliphatic hydroxyl groups is 1. The Morgan fingerprint density at radius 2 is 2.29 bits per heavy atom. The van der Waals surface area contributed by atoms with Gasteiger partial charge in [0.2, 0.25) is 11.9 Å². The molecule has 2 atom stereocenters. The lowest BCUT2D eigenvalue weighted by Crippen LogP contribution is -2.26. The number of nitrogens with zero attached hydrogens (tertiary/aromatic N) is 4. The highest BCUT2D eigenvalue weighted by Gasteiger charge is 2.27. The van der Waals surface area contributed by atoms with Gasteiger partial charge in [0.05, 0.1) is 12.7 Å². The summed E-state index contributed by atoms with van der Waals surface area (Å²) < 4.78 is 7.04. The van der Waals surface area contributed by atoms with E-state index < -0.39 is 6.29 Å². The topological polar surface area (TPSA) is 94.3 Å². The minimum Gasteiger partial charge on any atom is -0.394 e. The fourth-order valence-corrected chi connectivity index (χ4v) is 2.28. The molecule has 0 aliphatic carbocycles. The summed E-state index contributed by atoms with van der Waals surface area (Å²) in [5.41, 5.74) is 1.24. The molecule has 114 valence electrons. The summed E-state index contributed by atoms with van der Waals surface area (Å²) in [6.07, 6.45) is 3.99. The third-order valence-corrected chi connectivity index (χ3v) is 3.23. The normalized spacial score (nSPS) is 22.1. The van der Waals surface area contributed by atoms with Gasteiger partial charge in [0.1, 0.15) is 12.7 Å². The van der Waals surface area contributed by atoms with Crippen LogP contribution >= 0.6 is 0 Å². The molecule has 3 rings (SSSR count). The molecule has 21 heavy (non-hydrogen) atoms. The van der Waals surface area contributed by atoms with Crippen molar-refractivity contribution in [3.8, 4) is 0 Å². The molecule has 1 fully saturated rings. The van der Waals surface area contributed by atoms with Crippen LogP contribution in [0.3, 0.4) is 0 Å². The van der Waals surface area contributed by atoms with E-state index in [-0.39, 0.29) is 18.8 Å². The number of anilines is 1. The number of hydrogen-bond donors (Lipinski definition) is 2. The van der Waals surface area contributed by atoms with E-state index in [4.69, 9.17) is 14.7 Å². The number of nitrogens with one attached hydrogen (secondary N) is 1. The predicted molar refractivity (Wildman–Crippen MR) is 75.6 cm³/mol. The highest BCUT2D eigenvalue weighted by molar-refractivity contribution is 5.82. The summed E-state index contributed by atoms with van der Waals surface area (Å²) in [6.45, 7) is 4.07. The number of hydrogen-bond acceptors (Lipinski definition) is 7. The van der Waals surface area contributed by atoms with E-state index in [0.29, 0.717) is 17.0 Å². The average Bonchev–Trinajstić information content (AvgIpc) is 3.07. The second-order valence-corrected chi connectivity index (χ2v) is 5.32. The van der Waals surface area contributed by atoms with Crippen LogP contribution in [0.4, 0.5) is 5.82 Å². The summed E-state index contributed by atoms with van der Waals surface area (Å²) in [5.74, 6) is 0.679. The van der Waals surface area contributed by atoms with E-state index in [1.54, 1.807) is 6.33 Å². The molecule has 2 N–H and O–H groups in total. The SMILES string of the molecule is CC(C)Nc1ncnc2c1ncn2O[C@@H]1CC[C@@H](CO)O1. The summed E-state index contributed by atoms with van der Waals surface area (Å²) in [7, 11) is 0. The molecule has 3 heterocycles. The summed E-state index contributed by atoms with van der Waals surface area (Å²) in [4.78, 5) is 18.4.